The Labute approximate surface area is 202 Å². The monoisotopic (exact) mass is 456 g/mol. The lowest BCUT2D eigenvalue weighted by Gasteiger charge is -2.62. The summed E-state index contributed by atoms with van der Waals surface area (Å²) in [5.74, 6) is 1.12. The van der Waals surface area contributed by atoms with Crippen molar-refractivity contribution in [2.45, 2.75) is 119 Å². The Balaban J connectivity index is 1.60. The molecule has 2 fully saturated rings. The number of carboxylic acids is 1. The van der Waals surface area contributed by atoms with Crippen molar-refractivity contribution in [3.8, 4) is 0 Å². The van der Waals surface area contributed by atoms with Crippen LogP contribution in [0.1, 0.15) is 113 Å². The van der Waals surface area contributed by atoms with Gasteiger partial charge in [0.1, 0.15) is 0 Å². The number of hydrogen-bond donors (Lipinski definition) is 2. The quantitative estimate of drug-likeness (QED) is 0.332. The van der Waals surface area contributed by atoms with Gasteiger partial charge < -0.3 is 10.2 Å². The van der Waals surface area contributed by atoms with Gasteiger partial charge in [0.05, 0.1) is 6.10 Å². The summed E-state index contributed by atoms with van der Waals surface area (Å²) in [6.45, 7) is 16.5. The molecule has 2 N–H and O–H groups in total. The highest BCUT2D eigenvalue weighted by Gasteiger charge is 2.63. The van der Waals surface area contributed by atoms with E-state index in [0.717, 1.165) is 25.7 Å². The Morgan fingerprint density at radius 1 is 1.03 bits per heavy atom. The zero-order valence-corrected chi connectivity index (χ0v) is 22.3. The lowest BCUT2D eigenvalue weighted by molar-refractivity contribution is -0.132. The van der Waals surface area contributed by atoms with Gasteiger partial charge in [0.15, 0.2) is 0 Å². The Morgan fingerprint density at radius 2 is 1.73 bits per heavy atom. The van der Waals surface area contributed by atoms with Crippen molar-refractivity contribution in [2.75, 3.05) is 0 Å². The molecule has 4 rings (SSSR count). The van der Waals surface area contributed by atoms with Crippen molar-refractivity contribution >= 4 is 5.97 Å². The molecule has 0 aromatic heterocycles. The van der Waals surface area contributed by atoms with Crippen LogP contribution in [0.5, 0.6) is 0 Å². The van der Waals surface area contributed by atoms with Crippen LogP contribution >= 0.6 is 0 Å². The molecule has 4 aliphatic rings. The molecule has 0 radical (unpaired) electrons. The Morgan fingerprint density at radius 3 is 2.39 bits per heavy atom. The summed E-state index contributed by atoms with van der Waals surface area (Å²) >= 11 is 0. The van der Waals surface area contributed by atoms with Gasteiger partial charge in [-0.2, -0.15) is 0 Å². The molecule has 33 heavy (non-hydrogen) atoms. The molecule has 0 saturated heterocycles. The molecule has 2 saturated carbocycles. The fourth-order valence-electron chi connectivity index (χ4n) is 9.48. The van der Waals surface area contributed by atoms with E-state index in [1.165, 1.54) is 38.5 Å². The van der Waals surface area contributed by atoms with Crippen molar-refractivity contribution in [1.82, 2.24) is 0 Å². The molecule has 3 heteroatoms. The third-order valence-corrected chi connectivity index (χ3v) is 11.9. The molecule has 0 aromatic rings. The van der Waals surface area contributed by atoms with Gasteiger partial charge in [-0.25, -0.2) is 4.79 Å². The molecule has 0 spiro atoms. The van der Waals surface area contributed by atoms with Crippen LogP contribution in [-0.4, -0.2) is 22.3 Å². The van der Waals surface area contributed by atoms with Gasteiger partial charge in [0, 0.05) is 5.57 Å². The fraction of sp³-hybridized carbons (Fsp3) is 0.833. The first-order valence-electron chi connectivity index (χ1n) is 13.6. The third kappa shape index (κ3) is 3.58. The number of rotatable bonds is 5. The minimum atomic E-state index is -0.794. The standard InChI is InChI=1S/C30H48O3/c1-19(9-8-10-20(2)26(32)33)21-13-17-30(7)23-11-12-24-27(3,4)25(31)15-16-28(24,5)22(23)14-18-29(21,30)6/h10,19,21,24-25,31H,8-9,11-18H2,1-7H3,(H,32,33)/b20-10-/t19-,21-,24-,25+,28+,29-,30+/m0/s1. The SMILES string of the molecule is C/C(=C/CC[C@H](C)[C@@H]1CC[C@]2(C)C3=C(CC[C@@]12C)[C@@]1(C)CC[C@@H](O)C(C)(C)[C@@H]1CC3)C(=O)O. The van der Waals surface area contributed by atoms with Crippen LogP contribution in [0.25, 0.3) is 0 Å². The molecular formula is C30H48O3. The highest BCUT2D eigenvalue weighted by molar-refractivity contribution is 5.85. The number of aliphatic hydroxyl groups is 1. The highest BCUT2D eigenvalue weighted by Crippen LogP contribution is 2.72. The predicted octanol–water partition coefficient (Wildman–Crippen LogP) is 7.54. The van der Waals surface area contributed by atoms with E-state index in [4.69, 9.17) is 5.11 Å². The van der Waals surface area contributed by atoms with E-state index in [-0.39, 0.29) is 16.9 Å². The Hall–Kier alpha value is -1.09. The van der Waals surface area contributed by atoms with Crippen LogP contribution in [0.4, 0.5) is 0 Å². The molecule has 0 heterocycles. The van der Waals surface area contributed by atoms with Crippen LogP contribution in [0.3, 0.4) is 0 Å². The molecule has 0 unspecified atom stereocenters. The molecule has 4 aliphatic carbocycles. The molecule has 186 valence electrons. The van der Waals surface area contributed by atoms with Crippen molar-refractivity contribution in [3.05, 3.63) is 22.8 Å². The number of fused-ring (bicyclic) bond motifs is 4. The highest BCUT2D eigenvalue weighted by atomic mass is 16.4. The van der Waals surface area contributed by atoms with Gasteiger partial charge in [0.25, 0.3) is 0 Å². The second kappa shape index (κ2) is 8.25. The molecule has 0 bridgehead atoms. The molecule has 0 aliphatic heterocycles. The molecule has 7 atom stereocenters. The second-order valence-corrected chi connectivity index (χ2v) is 13.5. The van der Waals surface area contributed by atoms with E-state index < -0.39 is 5.97 Å². The minimum Gasteiger partial charge on any atom is -0.478 e. The average molecular weight is 457 g/mol. The van der Waals surface area contributed by atoms with Gasteiger partial charge in [-0.1, -0.05) is 58.8 Å². The second-order valence-electron chi connectivity index (χ2n) is 13.5. The van der Waals surface area contributed by atoms with Crippen LogP contribution in [0.2, 0.25) is 0 Å². The lowest BCUT2D eigenvalue weighted by Crippen LogP contribution is -2.55. The van der Waals surface area contributed by atoms with E-state index in [1.54, 1.807) is 18.1 Å². The van der Waals surface area contributed by atoms with Gasteiger partial charge in [-0.3, -0.25) is 0 Å². The largest absolute Gasteiger partial charge is 0.478 e. The van der Waals surface area contributed by atoms with E-state index in [1.807, 2.05) is 6.08 Å². The van der Waals surface area contributed by atoms with Crippen LogP contribution in [0.15, 0.2) is 22.8 Å². The maximum Gasteiger partial charge on any atom is 0.330 e. The number of carboxylic acid groups (broad SMARTS) is 1. The summed E-state index contributed by atoms with van der Waals surface area (Å²) in [6, 6.07) is 0. The zero-order chi connectivity index (χ0) is 24.4. The number of aliphatic carboxylic acids is 1. The van der Waals surface area contributed by atoms with Gasteiger partial charge >= 0.3 is 5.97 Å². The predicted molar refractivity (Wildman–Crippen MR) is 135 cm³/mol. The lowest BCUT2D eigenvalue weighted by atomic mass is 9.43. The molecular weight excluding hydrogens is 408 g/mol. The van der Waals surface area contributed by atoms with E-state index in [0.29, 0.717) is 34.2 Å². The summed E-state index contributed by atoms with van der Waals surface area (Å²) in [5.41, 5.74) is 4.95. The average Bonchev–Trinajstić information content (AvgIpc) is 3.02. The fourth-order valence-corrected chi connectivity index (χ4v) is 9.48. The molecule has 0 aromatic carbocycles. The molecule has 0 amide bonds. The molecule has 3 nitrogen and oxygen atoms in total. The summed E-state index contributed by atoms with van der Waals surface area (Å²) in [5, 5.41) is 20.0. The van der Waals surface area contributed by atoms with Gasteiger partial charge in [0.2, 0.25) is 0 Å². The van der Waals surface area contributed by atoms with Crippen LogP contribution < -0.4 is 0 Å². The summed E-state index contributed by atoms with van der Waals surface area (Å²) in [4.78, 5) is 11.1. The van der Waals surface area contributed by atoms with Crippen LogP contribution in [-0.2, 0) is 4.79 Å². The first-order chi connectivity index (χ1) is 15.3. The van der Waals surface area contributed by atoms with Crippen LogP contribution in [0, 0.1) is 39.4 Å². The summed E-state index contributed by atoms with van der Waals surface area (Å²) < 4.78 is 0. The Bertz CT molecular complexity index is 866. The van der Waals surface area contributed by atoms with Crippen molar-refractivity contribution in [3.63, 3.8) is 0 Å². The minimum absolute atomic E-state index is 0.00150. The normalized spacial score (nSPS) is 43.5. The maximum absolute atomic E-state index is 11.1. The van der Waals surface area contributed by atoms with Crippen molar-refractivity contribution in [2.24, 2.45) is 39.4 Å². The smallest absolute Gasteiger partial charge is 0.330 e. The number of hydrogen-bond acceptors (Lipinski definition) is 2. The van der Waals surface area contributed by atoms with E-state index >= 15 is 0 Å². The summed E-state index contributed by atoms with van der Waals surface area (Å²) in [6.07, 6.45) is 13.3. The number of carbonyl (C=O) groups is 1. The maximum atomic E-state index is 11.1. The van der Waals surface area contributed by atoms with Gasteiger partial charge in [-0.05, 0) is 111 Å². The first-order valence-corrected chi connectivity index (χ1v) is 13.6. The van der Waals surface area contributed by atoms with E-state index in [9.17, 15) is 9.90 Å². The summed E-state index contributed by atoms with van der Waals surface area (Å²) in [7, 11) is 0. The van der Waals surface area contributed by atoms with Gasteiger partial charge in [-0.15, -0.1) is 0 Å². The first kappa shape index (κ1) is 25.0. The van der Waals surface area contributed by atoms with Crippen molar-refractivity contribution < 1.29 is 15.0 Å². The van der Waals surface area contributed by atoms with Crippen molar-refractivity contribution in [1.29, 1.82) is 0 Å². The Kier molecular flexibility index (Phi) is 6.25. The zero-order valence-electron chi connectivity index (χ0n) is 22.3. The van der Waals surface area contributed by atoms with E-state index in [2.05, 4.69) is 41.5 Å². The third-order valence-electron chi connectivity index (χ3n) is 11.9. The topological polar surface area (TPSA) is 57.5 Å². The number of aliphatic hydroxyl groups excluding tert-OH is 1. The number of allylic oxidation sites excluding steroid dienone is 3.